The number of pyridine rings is 2. The molecule has 9 heteroatoms. The molecule has 36 heavy (non-hydrogen) atoms. The van der Waals surface area contributed by atoms with Crippen LogP contribution in [0.1, 0.15) is 35.3 Å². The molecule has 1 saturated heterocycles. The third-order valence-corrected chi connectivity index (χ3v) is 6.47. The van der Waals surface area contributed by atoms with Gasteiger partial charge in [-0.2, -0.15) is 0 Å². The van der Waals surface area contributed by atoms with Crippen LogP contribution in [0.2, 0.25) is 0 Å². The summed E-state index contributed by atoms with van der Waals surface area (Å²) in [5.74, 6) is 0.602. The van der Waals surface area contributed by atoms with Gasteiger partial charge in [-0.05, 0) is 49.2 Å². The molecule has 9 nitrogen and oxygen atoms in total. The lowest BCUT2D eigenvalue weighted by Crippen LogP contribution is -2.50. The lowest BCUT2D eigenvalue weighted by atomic mass is 9.95. The predicted octanol–water partition coefficient (Wildman–Crippen LogP) is 3.18. The maximum atomic E-state index is 13.9. The van der Waals surface area contributed by atoms with Crippen LogP contribution in [-0.4, -0.2) is 70.4 Å². The molecule has 0 spiro atoms. The fourth-order valence-corrected chi connectivity index (χ4v) is 4.65. The summed E-state index contributed by atoms with van der Waals surface area (Å²) < 4.78 is 12.3. The third kappa shape index (κ3) is 5.36. The average molecular weight is 493 g/mol. The van der Waals surface area contributed by atoms with Gasteiger partial charge in [-0.3, -0.25) is 14.7 Å². The summed E-state index contributed by atoms with van der Waals surface area (Å²) in [4.78, 5) is 34.1. The first-order chi connectivity index (χ1) is 17.4. The van der Waals surface area contributed by atoms with E-state index in [2.05, 4.69) is 9.88 Å². The molecule has 1 aliphatic rings. The fourth-order valence-electron chi connectivity index (χ4n) is 4.65. The molecule has 1 aliphatic heterocycles. The highest BCUT2D eigenvalue weighted by atomic mass is 16.6. The summed E-state index contributed by atoms with van der Waals surface area (Å²) >= 11 is 0. The van der Waals surface area contributed by atoms with E-state index in [1.807, 2.05) is 36.4 Å². The first kappa shape index (κ1) is 25.2. The summed E-state index contributed by atoms with van der Waals surface area (Å²) in [7, 11) is 1.59. The first-order valence-electron chi connectivity index (χ1n) is 12.0. The fraction of sp³-hybridized carbons (Fsp3) is 0.370. The molecule has 1 atom stereocenters. The Bertz CT molecular complexity index is 1250. The van der Waals surface area contributed by atoms with E-state index in [-0.39, 0.29) is 17.4 Å². The number of carbonyl (C=O) groups is 1. The molecule has 190 valence electrons. The normalized spacial score (nSPS) is 14.9. The zero-order chi connectivity index (χ0) is 25.7. The minimum Gasteiger partial charge on any atom is -0.507 e. The second-order valence-electron chi connectivity index (χ2n) is 8.74. The summed E-state index contributed by atoms with van der Waals surface area (Å²) in [6.45, 7) is 6.17. The molecule has 1 aromatic carbocycles. The Morgan fingerprint density at radius 3 is 2.58 bits per heavy atom. The Labute approximate surface area is 210 Å². The number of hydrogen-bond acceptors (Lipinski definition) is 7. The number of aromatic hydroxyl groups is 1. The molecule has 3 aromatic rings. The molecule has 1 unspecified atom stereocenters. The standard InChI is InChI=1S/C27H32N4O5/c1-4-36-27(34)30-13-11-29(12-14-30)25(21-8-5-9-22(16-21)35-3)24-23(32)15-19(2)31(26(24)33)18-20-7-6-10-28-17-20/h5-10,15-17,25,32H,4,11-14,18H2,1-3H3. The Morgan fingerprint density at radius 2 is 1.92 bits per heavy atom. The molecule has 0 aliphatic carbocycles. The van der Waals surface area contributed by atoms with Crippen molar-refractivity contribution in [3.05, 3.63) is 87.6 Å². The van der Waals surface area contributed by atoms with Crippen LogP contribution >= 0.6 is 0 Å². The highest BCUT2D eigenvalue weighted by Crippen LogP contribution is 2.34. The van der Waals surface area contributed by atoms with E-state index in [4.69, 9.17) is 9.47 Å². The van der Waals surface area contributed by atoms with Gasteiger partial charge in [0.2, 0.25) is 0 Å². The highest BCUT2D eigenvalue weighted by Gasteiger charge is 2.33. The molecule has 4 rings (SSSR count). The number of nitrogens with zero attached hydrogens (tertiary/aromatic N) is 4. The van der Waals surface area contributed by atoms with E-state index in [1.165, 1.54) is 0 Å². The maximum absolute atomic E-state index is 13.9. The Morgan fingerprint density at radius 1 is 1.14 bits per heavy atom. The number of methoxy groups -OCH3 is 1. The topological polar surface area (TPSA) is 97.1 Å². The third-order valence-electron chi connectivity index (χ3n) is 6.47. The van der Waals surface area contributed by atoms with Gasteiger partial charge < -0.3 is 24.0 Å². The van der Waals surface area contributed by atoms with Gasteiger partial charge in [-0.1, -0.05) is 18.2 Å². The van der Waals surface area contributed by atoms with E-state index in [0.29, 0.717) is 56.3 Å². The van der Waals surface area contributed by atoms with Crippen LogP contribution in [-0.2, 0) is 11.3 Å². The zero-order valence-corrected chi connectivity index (χ0v) is 20.9. The average Bonchev–Trinajstić information content (AvgIpc) is 2.90. The smallest absolute Gasteiger partial charge is 0.409 e. The Kier molecular flexibility index (Phi) is 7.90. The molecule has 3 heterocycles. The molecule has 1 N–H and O–H groups in total. The number of aromatic nitrogens is 2. The first-order valence-corrected chi connectivity index (χ1v) is 12.0. The van der Waals surface area contributed by atoms with Crippen molar-refractivity contribution in [2.45, 2.75) is 26.4 Å². The highest BCUT2D eigenvalue weighted by molar-refractivity contribution is 5.67. The zero-order valence-electron chi connectivity index (χ0n) is 20.9. The van der Waals surface area contributed by atoms with Crippen molar-refractivity contribution in [1.29, 1.82) is 0 Å². The molecule has 0 bridgehead atoms. The van der Waals surface area contributed by atoms with Crippen molar-refractivity contribution in [2.24, 2.45) is 0 Å². The van der Waals surface area contributed by atoms with Crippen molar-refractivity contribution in [2.75, 3.05) is 39.9 Å². The summed E-state index contributed by atoms with van der Waals surface area (Å²) in [5, 5.41) is 11.1. The molecular weight excluding hydrogens is 460 g/mol. The SMILES string of the molecule is CCOC(=O)N1CCN(C(c2cccc(OC)c2)c2c(O)cc(C)n(Cc3cccnc3)c2=O)CC1. The summed E-state index contributed by atoms with van der Waals surface area (Å²) in [5.41, 5.74) is 2.39. The lowest BCUT2D eigenvalue weighted by molar-refractivity contribution is 0.0709. The van der Waals surface area contributed by atoms with Crippen LogP contribution in [0, 0.1) is 6.92 Å². The maximum Gasteiger partial charge on any atom is 0.409 e. The molecule has 1 fully saturated rings. The van der Waals surface area contributed by atoms with Crippen molar-refractivity contribution in [3.63, 3.8) is 0 Å². The summed E-state index contributed by atoms with van der Waals surface area (Å²) in [6, 6.07) is 12.4. The second kappa shape index (κ2) is 11.3. The van der Waals surface area contributed by atoms with Crippen molar-refractivity contribution in [1.82, 2.24) is 19.4 Å². The van der Waals surface area contributed by atoms with E-state index < -0.39 is 6.04 Å². The second-order valence-corrected chi connectivity index (χ2v) is 8.74. The molecule has 0 saturated carbocycles. The van der Waals surface area contributed by atoms with Crippen LogP contribution in [0.3, 0.4) is 0 Å². The Hall–Kier alpha value is -3.85. The monoisotopic (exact) mass is 492 g/mol. The van der Waals surface area contributed by atoms with Gasteiger partial charge in [0.25, 0.3) is 5.56 Å². The molecule has 2 aromatic heterocycles. The van der Waals surface area contributed by atoms with Crippen molar-refractivity contribution >= 4 is 6.09 Å². The van der Waals surface area contributed by atoms with E-state index in [9.17, 15) is 14.7 Å². The lowest BCUT2D eigenvalue weighted by Gasteiger charge is -2.39. The predicted molar refractivity (Wildman–Crippen MR) is 135 cm³/mol. The number of carbonyl (C=O) groups excluding carboxylic acids is 1. The summed E-state index contributed by atoms with van der Waals surface area (Å²) in [6.07, 6.45) is 3.08. The number of benzene rings is 1. The van der Waals surface area contributed by atoms with Gasteiger partial charge in [0.15, 0.2) is 0 Å². The number of rotatable bonds is 7. The molecular formula is C27H32N4O5. The number of amides is 1. The van der Waals surface area contributed by atoms with Gasteiger partial charge in [0.1, 0.15) is 11.5 Å². The number of hydrogen-bond donors (Lipinski definition) is 1. The quantitative estimate of drug-likeness (QED) is 0.541. The number of ether oxygens (including phenoxy) is 2. The van der Waals surface area contributed by atoms with Crippen LogP contribution in [0.25, 0.3) is 0 Å². The van der Waals surface area contributed by atoms with Crippen LogP contribution < -0.4 is 10.3 Å². The Balaban J connectivity index is 1.76. The van der Waals surface area contributed by atoms with Crippen molar-refractivity contribution in [3.8, 4) is 11.5 Å². The minimum absolute atomic E-state index is 0.0550. The van der Waals surface area contributed by atoms with Gasteiger partial charge in [-0.15, -0.1) is 0 Å². The van der Waals surface area contributed by atoms with E-state index >= 15 is 0 Å². The van der Waals surface area contributed by atoms with Crippen LogP contribution in [0.15, 0.2) is 59.7 Å². The molecule has 0 radical (unpaired) electrons. The molecule has 1 amide bonds. The minimum atomic E-state index is -0.530. The van der Waals surface area contributed by atoms with Gasteiger partial charge in [-0.25, -0.2) is 4.79 Å². The van der Waals surface area contributed by atoms with E-state index in [1.54, 1.807) is 48.9 Å². The van der Waals surface area contributed by atoms with Crippen LogP contribution in [0.4, 0.5) is 4.79 Å². The number of aryl methyl sites for hydroxylation is 1. The van der Waals surface area contributed by atoms with Gasteiger partial charge in [0, 0.05) is 44.3 Å². The van der Waals surface area contributed by atoms with Crippen LogP contribution in [0.5, 0.6) is 11.5 Å². The number of piperazine rings is 1. The van der Waals surface area contributed by atoms with Gasteiger partial charge >= 0.3 is 6.09 Å². The van der Waals surface area contributed by atoms with E-state index in [0.717, 1.165) is 11.1 Å². The van der Waals surface area contributed by atoms with Gasteiger partial charge in [0.05, 0.1) is 31.9 Å². The van der Waals surface area contributed by atoms with Crippen molar-refractivity contribution < 1.29 is 19.4 Å². The largest absolute Gasteiger partial charge is 0.507 e.